The summed E-state index contributed by atoms with van der Waals surface area (Å²) in [7, 11) is 0. The number of hydrogen-bond acceptors (Lipinski definition) is 4. The highest BCUT2D eigenvalue weighted by atomic mass is 16.1. The summed E-state index contributed by atoms with van der Waals surface area (Å²) in [6.45, 7) is 0. The number of rotatable bonds is 5. The summed E-state index contributed by atoms with van der Waals surface area (Å²) in [6.07, 6.45) is 0. The number of carbonyl (C=O) groups excluding carboxylic acids is 2. The number of benzene rings is 4. The van der Waals surface area contributed by atoms with Crippen LogP contribution >= 0.6 is 0 Å². The van der Waals surface area contributed by atoms with Gasteiger partial charge in [-0.25, -0.2) is 0 Å². The lowest BCUT2D eigenvalue weighted by Crippen LogP contribution is -2.03. The zero-order valence-corrected chi connectivity index (χ0v) is 16.2. The van der Waals surface area contributed by atoms with Crippen molar-refractivity contribution >= 4 is 22.9 Å². The molecule has 0 aliphatic carbocycles. The van der Waals surface area contributed by atoms with Crippen LogP contribution in [-0.4, -0.2) is 11.6 Å². The Hall–Kier alpha value is -4.18. The molecule has 4 N–H and O–H groups in total. The number of nitrogens with two attached hydrogens (primary N) is 2. The molecule has 30 heavy (non-hydrogen) atoms. The molecule has 0 bridgehead atoms. The molecule has 0 fully saturated rings. The molecule has 4 heteroatoms. The smallest absolute Gasteiger partial charge is 0.193 e. The lowest BCUT2D eigenvalue weighted by molar-refractivity contribution is 0.103. The van der Waals surface area contributed by atoms with Crippen LogP contribution in [0, 0.1) is 0 Å². The average Bonchev–Trinajstić information content (AvgIpc) is 2.79. The molecule has 146 valence electrons. The first-order chi connectivity index (χ1) is 14.5. The molecule has 0 aliphatic heterocycles. The Balaban J connectivity index is 1.65. The van der Waals surface area contributed by atoms with Crippen molar-refractivity contribution in [3.8, 4) is 11.1 Å². The molecule has 0 unspecified atom stereocenters. The average molecular weight is 392 g/mol. The molecule has 0 saturated carbocycles. The van der Waals surface area contributed by atoms with Gasteiger partial charge in [-0.05, 0) is 71.8 Å². The Morgan fingerprint density at radius 3 is 1.20 bits per heavy atom. The third kappa shape index (κ3) is 3.98. The van der Waals surface area contributed by atoms with Crippen LogP contribution in [0.25, 0.3) is 11.1 Å². The number of carbonyl (C=O) groups is 2. The van der Waals surface area contributed by atoms with E-state index >= 15 is 0 Å². The monoisotopic (exact) mass is 392 g/mol. The number of ketones is 2. The quantitative estimate of drug-likeness (QED) is 0.370. The van der Waals surface area contributed by atoms with Crippen molar-refractivity contribution in [3.63, 3.8) is 0 Å². The van der Waals surface area contributed by atoms with Gasteiger partial charge in [0, 0.05) is 33.6 Å². The molecule has 0 saturated heterocycles. The molecule has 4 aromatic rings. The highest BCUT2D eigenvalue weighted by molar-refractivity contribution is 6.10. The van der Waals surface area contributed by atoms with Gasteiger partial charge in [0.15, 0.2) is 11.6 Å². The molecule has 0 aliphatic rings. The van der Waals surface area contributed by atoms with E-state index < -0.39 is 0 Å². The SMILES string of the molecule is Nc1ccc(C(=O)c2cccc(-c3cccc(C(=O)c4ccc(N)cc4)c3)c2)cc1. The van der Waals surface area contributed by atoms with Gasteiger partial charge in [0.2, 0.25) is 0 Å². The summed E-state index contributed by atoms with van der Waals surface area (Å²) in [4.78, 5) is 25.6. The van der Waals surface area contributed by atoms with Crippen molar-refractivity contribution in [1.82, 2.24) is 0 Å². The van der Waals surface area contributed by atoms with E-state index in [4.69, 9.17) is 11.5 Å². The van der Waals surface area contributed by atoms with Gasteiger partial charge in [-0.2, -0.15) is 0 Å². The lowest BCUT2D eigenvalue weighted by Gasteiger charge is -2.08. The molecule has 0 spiro atoms. The normalized spacial score (nSPS) is 10.5. The zero-order valence-electron chi connectivity index (χ0n) is 16.2. The van der Waals surface area contributed by atoms with E-state index in [1.54, 1.807) is 60.7 Å². The second-order valence-corrected chi connectivity index (χ2v) is 7.06. The maximum atomic E-state index is 12.8. The van der Waals surface area contributed by atoms with Crippen LogP contribution in [-0.2, 0) is 0 Å². The third-order valence-corrected chi connectivity index (χ3v) is 4.93. The summed E-state index contributed by atoms with van der Waals surface area (Å²) < 4.78 is 0. The first-order valence-electron chi connectivity index (χ1n) is 9.52. The van der Waals surface area contributed by atoms with E-state index in [1.807, 2.05) is 36.4 Å². The molecule has 0 heterocycles. The maximum Gasteiger partial charge on any atom is 0.193 e. The summed E-state index contributed by atoms with van der Waals surface area (Å²) in [5.74, 6) is -0.156. The second kappa shape index (κ2) is 8.05. The van der Waals surface area contributed by atoms with Crippen LogP contribution in [0.5, 0.6) is 0 Å². The van der Waals surface area contributed by atoms with Gasteiger partial charge in [0.1, 0.15) is 0 Å². The fraction of sp³-hybridized carbons (Fsp3) is 0. The van der Waals surface area contributed by atoms with E-state index in [0.717, 1.165) is 11.1 Å². The fourth-order valence-corrected chi connectivity index (χ4v) is 3.28. The Bertz CT molecular complexity index is 1130. The van der Waals surface area contributed by atoms with Crippen LogP contribution in [0.2, 0.25) is 0 Å². The summed E-state index contributed by atoms with van der Waals surface area (Å²) in [6, 6.07) is 28.5. The molecular formula is C26H20N2O2. The second-order valence-electron chi connectivity index (χ2n) is 7.06. The van der Waals surface area contributed by atoms with Crippen LogP contribution in [0.15, 0.2) is 97.1 Å². The van der Waals surface area contributed by atoms with E-state index in [0.29, 0.717) is 33.6 Å². The summed E-state index contributed by atoms with van der Waals surface area (Å²) >= 11 is 0. The van der Waals surface area contributed by atoms with Crippen molar-refractivity contribution in [2.45, 2.75) is 0 Å². The highest BCUT2D eigenvalue weighted by Crippen LogP contribution is 2.24. The molecule has 4 rings (SSSR count). The standard InChI is InChI=1S/C26H20N2O2/c27-23-11-7-17(8-12-23)25(29)21-5-1-3-19(15-21)20-4-2-6-22(16-20)26(30)18-9-13-24(28)14-10-18/h1-16H,27-28H2. The predicted octanol–water partition coefficient (Wildman–Crippen LogP) is 4.98. The molecule has 0 atom stereocenters. The van der Waals surface area contributed by atoms with E-state index in [2.05, 4.69) is 0 Å². The van der Waals surface area contributed by atoms with Gasteiger partial charge >= 0.3 is 0 Å². The molecule has 0 radical (unpaired) electrons. The van der Waals surface area contributed by atoms with Gasteiger partial charge in [-0.15, -0.1) is 0 Å². The largest absolute Gasteiger partial charge is 0.399 e. The summed E-state index contributed by atoms with van der Waals surface area (Å²) in [5.41, 5.74) is 16.7. The number of nitrogen functional groups attached to an aromatic ring is 2. The fourth-order valence-electron chi connectivity index (χ4n) is 3.28. The van der Waals surface area contributed by atoms with Crippen LogP contribution in [0.3, 0.4) is 0 Å². The molecule has 0 aromatic heterocycles. The van der Waals surface area contributed by atoms with Gasteiger partial charge in [0.05, 0.1) is 0 Å². The topological polar surface area (TPSA) is 86.2 Å². The molecular weight excluding hydrogens is 372 g/mol. The van der Waals surface area contributed by atoms with E-state index in [1.165, 1.54) is 0 Å². The molecule has 4 nitrogen and oxygen atoms in total. The van der Waals surface area contributed by atoms with Gasteiger partial charge in [-0.3, -0.25) is 9.59 Å². The van der Waals surface area contributed by atoms with Crippen LogP contribution < -0.4 is 11.5 Å². The highest BCUT2D eigenvalue weighted by Gasteiger charge is 2.12. The van der Waals surface area contributed by atoms with Crippen molar-refractivity contribution in [2.75, 3.05) is 11.5 Å². The van der Waals surface area contributed by atoms with E-state index in [-0.39, 0.29) is 11.6 Å². The zero-order chi connectivity index (χ0) is 21.1. The van der Waals surface area contributed by atoms with Crippen molar-refractivity contribution < 1.29 is 9.59 Å². The Morgan fingerprint density at radius 1 is 0.467 bits per heavy atom. The van der Waals surface area contributed by atoms with Gasteiger partial charge < -0.3 is 11.5 Å². The van der Waals surface area contributed by atoms with Crippen molar-refractivity contribution in [2.24, 2.45) is 0 Å². The minimum absolute atomic E-state index is 0.0778. The number of hydrogen-bond donors (Lipinski definition) is 2. The van der Waals surface area contributed by atoms with Gasteiger partial charge in [-0.1, -0.05) is 36.4 Å². The van der Waals surface area contributed by atoms with Crippen molar-refractivity contribution in [3.05, 3.63) is 119 Å². The first-order valence-corrected chi connectivity index (χ1v) is 9.52. The minimum Gasteiger partial charge on any atom is -0.399 e. The Morgan fingerprint density at radius 2 is 0.833 bits per heavy atom. The molecule has 0 amide bonds. The van der Waals surface area contributed by atoms with E-state index in [9.17, 15) is 9.59 Å². The predicted molar refractivity (Wildman–Crippen MR) is 120 cm³/mol. The van der Waals surface area contributed by atoms with Crippen LogP contribution in [0.4, 0.5) is 11.4 Å². The van der Waals surface area contributed by atoms with Gasteiger partial charge in [0.25, 0.3) is 0 Å². The Labute approximate surface area is 174 Å². The number of anilines is 2. The van der Waals surface area contributed by atoms with Crippen molar-refractivity contribution in [1.29, 1.82) is 0 Å². The lowest BCUT2D eigenvalue weighted by atomic mass is 9.95. The minimum atomic E-state index is -0.0778. The Kier molecular flexibility index (Phi) is 5.14. The third-order valence-electron chi connectivity index (χ3n) is 4.93. The van der Waals surface area contributed by atoms with Crippen LogP contribution in [0.1, 0.15) is 31.8 Å². The first kappa shape index (κ1) is 19.2. The maximum absolute atomic E-state index is 12.8. The molecule has 4 aromatic carbocycles. The summed E-state index contributed by atoms with van der Waals surface area (Å²) in [5, 5.41) is 0.